The highest BCUT2D eigenvalue weighted by atomic mass is 32.2. The fourth-order valence-corrected chi connectivity index (χ4v) is 5.06. The van der Waals surface area contributed by atoms with Gasteiger partial charge >= 0.3 is 0 Å². The van der Waals surface area contributed by atoms with Crippen LogP contribution in [0.4, 0.5) is 5.82 Å². The van der Waals surface area contributed by atoms with E-state index in [1.54, 1.807) is 28.6 Å². The lowest BCUT2D eigenvalue weighted by Crippen LogP contribution is -2.45. The Morgan fingerprint density at radius 3 is 2.59 bits per heavy atom. The smallest absolute Gasteiger partial charge is 0.253 e. The number of sulfonamides is 1. The summed E-state index contributed by atoms with van der Waals surface area (Å²) in [5, 5.41) is 13.5. The van der Waals surface area contributed by atoms with Crippen LogP contribution in [-0.4, -0.2) is 55.5 Å². The molecule has 5 N–H and O–H groups in total. The predicted molar refractivity (Wildman–Crippen MR) is 124 cm³/mol. The quantitative estimate of drug-likeness (QED) is 0.422. The lowest BCUT2D eigenvalue weighted by molar-refractivity contribution is 0.0950. The predicted octanol–water partition coefficient (Wildman–Crippen LogP) is 1.74. The zero-order chi connectivity index (χ0) is 23.1. The van der Waals surface area contributed by atoms with Gasteiger partial charge < -0.3 is 21.8 Å². The molecule has 1 aliphatic heterocycles. The summed E-state index contributed by atoms with van der Waals surface area (Å²) in [6.45, 7) is 4.32. The first-order valence-electron chi connectivity index (χ1n) is 10.7. The highest BCUT2D eigenvalue weighted by Gasteiger charge is 2.29. The SMILES string of the molecule is CCCNC1CCN(S(=O)(=O)c2ccc(CNC(=O)c3cnc(N)c(C=N)c3)cc2)CC1. The number of carbonyl (C=O) groups is 1. The van der Waals surface area contributed by atoms with E-state index in [2.05, 4.69) is 22.5 Å². The Labute approximate surface area is 189 Å². The van der Waals surface area contributed by atoms with E-state index in [1.807, 2.05) is 0 Å². The van der Waals surface area contributed by atoms with Crippen LogP contribution < -0.4 is 16.4 Å². The van der Waals surface area contributed by atoms with E-state index >= 15 is 0 Å². The third kappa shape index (κ3) is 5.70. The van der Waals surface area contributed by atoms with Crippen molar-refractivity contribution in [2.24, 2.45) is 0 Å². The molecule has 10 heteroatoms. The number of nitrogens with one attached hydrogen (secondary N) is 3. The van der Waals surface area contributed by atoms with E-state index in [-0.39, 0.29) is 23.2 Å². The molecular formula is C22H30N6O3S. The number of hydrogen-bond donors (Lipinski definition) is 4. The zero-order valence-corrected chi connectivity index (χ0v) is 19.0. The van der Waals surface area contributed by atoms with Gasteiger partial charge in [-0.2, -0.15) is 4.31 Å². The van der Waals surface area contributed by atoms with E-state index in [9.17, 15) is 13.2 Å². The van der Waals surface area contributed by atoms with Crippen molar-refractivity contribution in [3.05, 3.63) is 53.2 Å². The van der Waals surface area contributed by atoms with Gasteiger partial charge in [0.25, 0.3) is 5.91 Å². The first kappa shape index (κ1) is 23.8. The lowest BCUT2D eigenvalue weighted by atomic mass is 10.1. The number of amides is 1. The monoisotopic (exact) mass is 458 g/mol. The van der Waals surface area contributed by atoms with Crippen molar-refractivity contribution in [3.63, 3.8) is 0 Å². The third-order valence-corrected chi connectivity index (χ3v) is 7.43. The fraction of sp³-hybridized carbons (Fsp3) is 0.409. The maximum atomic E-state index is 13.0. The Hall–Kier alpha value is -2.82. The molecule has 172 valence electrons. The van der Waals surface area contributed by atoms with Gasteiger partial charge in [0.05, 0.1) is 10.5 Å². The average Bonchev–Trinajstić information content (AvgIpc) is 2.82. The molecule has 1 aliphatic rings. The number of benzene rings is 1. The van der Waals surface area contributed by atoms with Crippen molar-refractivity contribution in [1.82, 2.24) is 19.9 Å². The first-order valence-corrected chi connectivity index (χ1v) is 12.2. The molecule has 0 bridgehead atoms. The number of piperidine rings is 1. The molecule has 2 aromatic rings. The second kappa shape index (κ2) is 10.7. The Kier molecular flexibility index (Phi) is 7.94. The number of nitrogens with zero attached hydrogens (tertiary/aromatic N) is 2. The number of carbonyl (C=O) groups excluding carboxylic acids is 1. The van der Waals surface area contributed by atoms with Crippen LogP contribution in [0.15, 0.2) is 41.4 Å². The highest BCUT2D eigenvalue weighted by Crippen LogP contribution is 2.21. The van der Waals surface area contributed by atoms with Crippen molar-refractivity contribution in [3.8, 4) is 0 Å². The standard InChI is InChI=1S/C22H30N6O3S/c1-2-9-25-19-7-10-28(11-8-19)32(30,31)20-5-3-16(4-6-20)14-27-22(29)18-12-17(13-23)21(24)26-15-18/h3-6,12-13,15,19,23,25H,2,7-11,14H2,1H3,(H2,24,26)(H,27,29). The molecule has 0 radical (unpaired) electrons. The van der Waals surface area contributed by atoms with Gasteiger partial charge in [-0.05, 0) is 49.6 Å². The number of hydrogen-bond acceptors (Lipinski definition) is 7. The minimum atomic E-state index is -3.53. The van der Waals surface area contributed by atoms with E-state index in [1.165, 1.54) is 12.3 Å². The molecule has 2 heterocycles. The molecule has 1 aromatic carbocycles. The summed E-state index contributed by atoms with van der Waals surface area (Å²) >= 11 is 0. The van der Waals surface area contributed by atoms with Crippen LogP contribution in [0.5, 0.6) is 0 Å². The Balaban J connectivity index is 1.57. The summed E-state index contributed by atoms with van der Waals surface area (Å²) in [5.41, 5.74) is 7.09. The van der Waals surface area contributed by atoms with Crippen molar-refractivity contribution >= 4 is 28.0 Å². The Morgan fingerprint density at radius 1 is 1.28 bits per heavy atom. The number of nitrogens with two attached hydrogens (primary N) is 1. The molecular weight excluding hydrogens is 428 g/mol. The topological polar surface area (TPSA) is 141 Å². The van der Waals surface area contributed by atoms with Crippen LogP contribution in [0.1, 0.15) is 47.7 Å². The molecule has 9 nitrogen and oxygen atoms in total. The minimum absolute atomic E-state index is 0.190. The fourth-order valence-electron chi connectivity index (χ4n) is 3.59. The molecule has 0 atom stereocenters. The Morgan fingerprint density at radius 2 is 1.97 bits per heavy atom. The molecule has 0 spiro atoms. The molecule has 1 fully saturated rings. The van der Waals surface area contributed by atoms with Gasteiger partial charge in [0.15, 0.2) is 0 Å². The van der Waals surface area contributed by atoms with Crippen molar-refractivity contribution in [2.45, 2.75) is 43.7 Å². The van der Waals surface area contributed by atoms with Crippen LogP contribution in [0.2, 0.25) is 0 Å². The van der Waals surface area contributed by atoms with Gasteiger partial charge in [0.2, 0.25) is 10.0 Å². The van der Waals surface area contributed by atoms with E-state index < -0.39 is 10.0 Å². The summed E-state index contributed by atoms with van der Waals surface area (Å²) in [4.78, 5) is 16.5. The molecule has 3 rings (SSSR count). The van der Waals surface area contributed by atoms with Crippen LogP contribution in [-0.2, 0) is 16.6 Å². The maximum Gasteiger partial charge on any atom is 0.253 e. The summed E-state index contributed by atoms with van der Waals surface area (Å²) in [6.07, 6.45) is 5.08. The molecule has 0 unspecified atom stereocenters. The van der Waals surface area contributed by atoms with Crippen LogP contribution in [0.25, 0.3) is 0 Å². The number of nitrogen functional groups attached to an aromatic ring is 1. The largest absolute Gasteiger partial charge is 0.383 e. The third-order valence-electron chi connectivity index (χ3n) is 5.52. The van der Waals surface area contributed by atoms with Gasteiger partial charge in [0.1, 0.15) is 5.82 Å². The Bertz CT molecular complexity index is 1050. The van der Waals surface area contributed by atoms with Crippen LogP contribution >= 0.6 is 0 Å². The highest BCUT2D eigenvalue weighted by molar-refractivity contribution is 7.89. The van der Waals surface area contributed by atoms with Gasteiger partial charge in [-0.15, -0.1) is 0 Å². The molecule has 1 aromatic heterocycles. The number of aromatic nitrogens is 1. The van der Waals surface area contributed by atoms with Crippen molar-refractivity contribution < 1.29 is 13.2 Å². The van der Waals surface area contributed by atoms with E-state index in [4.69, 9.17) is 11.1 Å². The molecule has 0 aliphatic carbocycles. The molecule has 32 heavy (non-hydrogen) atoms. The zero-order valence-electron chi connectivity index (χ0n) is 18.2. The summed E-state index contributed by atoms with van der Waals surface area (Å²) in [7, 11) is -3.53. The number of rotatable bonds is 9. The van der Waals surface area contributed by atoms with E-state index in [0.29, 0.717) is 30.3 Å². The van der Waals surface area contributed by atoms with E-state index in [0.717, 1.165) is 37.6 Å². The minimum Gasteiger partial charge on any atom is -0.383 e. The summed E-state index contributed by atoms with van der Waals surface area (Å²) in [5.74, 6) is -0.161. The van der Waals surface area contributed by atoms with Gasteiger partial charge in [-0.3, -0.25) is 4.79 Å². The summed E-state index contributed by atoms with van der Waals surface area (Å²) < 4.78 is 27.5. The van der Waals surface area contributed by atoms with Gasteiger partial charge in [-0.25, -0.2) is 13.4 Å². The molecule has 0 saturated carbocycles. The van der Waals surface area contributed by atoms with Gasteiger partial charge in [-0.1, -0.05) is 19.1 Å². The molecule has 1 saturated heterocycles. The number of pyridine rings is 1. The van der Waals surface area contributed by atoms with Gasteiger partial charge in [0, 0.05) is 43.7 Å². The second-order valence-corrected chi connectivity index (χ2v) is 9.74. The average molecular weight is 459 g/mol. The lowest BCUT2D eigenvalue weighted by Gasteiger charge is -2.31. The normalized spacial score (nSPS) is 15.4. The van der Waals surface area contributed by atoms with Crippen LogP contribution in [0.3, 0.4) is 0 Å². The van der Waals surface area contributed by atoms with Crippen LogP contribution in [0, 0.1) is 5.41 Å². The maximum absolute atomic E-state index is 13.0. The number of anilines is 1. The first-order chi connectivity index (χ1) is 15.3. The van der Waals surface area contributed by atoms with Crippen molar-refractivity contribution in [1.29, 1.82) is 5.41 Å². The summed E-state index contributed by atoms with van der Waals surface area (Å²) in [6, 6.07) is 8.44. The van der Waals surface area contributed by atoms with Crippen molar-refractivity contribution in [2.75, 3.05) is 25.4 Å². The second-order valence-electron chi connectivity index (χ2n) is 7.80. The molecule has 1 amide bonds.